The largest absolute Gasteiger partial charge is 0.364 e. The highest BCUT2D eigenvalue weighted by molar-refractivity contribution is 6.35. The van der Waals surface area contributed by atoms with Gasteiger partial charge in [0.15, 0.2) is 23.3 Å². The molecule has 5 N–H and O–H groups in total. The number of hydrogen-bond donors (Lipinski definition) is 5. The first-order valence-electron chi connectivity index (χ1n) is 19.8. The average molecular weight is 864 g/mol. The third kappa shape index (κ3) is 7.89. The van der Waals surface area contributed by atoms with Crippen molar-refractivity contribution in [2.24, 2.45) is 0 Å². The van der Waals surface area contributed by atoms with Gasteiger partial charge in [-0.25, -0.2) is 18.4 Å². The maximum absolute atomic E-state index is 15.0. The van der Waals surface area contributed by atoms with Gasteiger partial charge in [0.05, 0.1) is 39.9 Å². The molecule has 0 saturated heterocycles. The molecule has 0 radical (unpaired) electrons. The van der Waals surface area contributed by atoms with Crippen LogP contribution in [0.2, 0.25) is 10.0 Å². The van der Waals surface area contributed by atoms with E-state index in [9.17, 15) is 8.78 Å². The van der Waals surface area contributed by atoms with Crippen LogP contribution in [0.15, 0.2) is 140 Å². The maximum atomic E-state index is 15.0. The van der Waals surface area contributed by atoms with Gasteiger partial charge in [-0.3, -0.25) is 10.2 Å². The van der Waals surface area contributed by atoms with Crippen LogP contribution in [-0.2, 0) is 13.1 Å². The molecule has 0 unspecified atom stereocenters. The van der Waals surface area contributed by atoms with Crippen molar-refractivity contribution in [2.45, 2.75) is 26.9 Å². The van der Waals surface area contributed by atoms with E-state index in [-0.39, 0.29) is 21.1 Å². The number of aromatic nitrogens is 8. The van der Waals surface area contributed by atoms with E-state index in [1.165, 1.54) is 0 Å². The van der Waals surface area contributed by atoms with Gasteiger partial charge < -0.3 is 15.6 Å². The number of nitrogens with one attached hydrogen (secondary N) is 5. The topological polar surface area (TPSA) is 128 Å². The molecule has 0 aliphatic heterocycles. The van der Waals surface area contributed by atoms with Crippen LogP contribution in [-0.4, -0.2) is 40.1 Å². The number of halogens is 4. The second-order valence-electron chi connectivity index (χ2n) is 14.6. The van der Waals surface area contributed by atoms with Gasteiger partial charge in [-0.2, -0.15) is 15.3 Å². The molecule has 0 aliphatic carbocycles. The van der Waals surface area contributed by atoms with Crippen molar-refractivity contribution in [3.8, 4) is 39.3 Å². The molecule has 10 nitrogen and oxygen atoms in total. The van der Waals surface area contributed by atoms with Gasteiger partial charge in [-0.05, 0) is 49.2 Å². The van der Waals surface area contributed by atoms with E-state index >= 15 is 0 Å². The number of H-pyrrole nitrogens is 3. The summed E-state index contributed by atoms with van der Waals surface area (Å²) >= 11 is 12.6. The summed E-state index contributed by atoms with van der Waals surface area (Å²) in [5, 5.41) is 26.8. The summed E-state index contributed by atoms with van der Waals surface area (Å²) in [6, 6.07) is 42.6. The number of benzene rings is 6. The number of imidazole rings is 1. The minimum atomic E-state index is -0.513. The van der Waals surface area contributed by atoms with Crippen molar-refractivity contribution in [2.75, 3.05) is 10.6 Å². The highest BCUT2D eigenvalue weighted by atomic mass is 35.5. The zero-order chi connectivity index (χ0) is 42.7. The Morgan fingerprint density at radius 3 is 1.60 bits per heavy atom. The lowest BCUT2D eigenvalue weighted by Gasteiger charge is -2.09. The van der Waals surface area contributed by atoms with Crippen molar-refractivity contribution in [3.63, 3.8) is 0 Å². The number of hydrogen-bond acceptors (Lipinski definition) is 6. The van der Waals surface area contributed by atoms with E-state index in [4.69, 9.17) is 28.3 Å². The molecule has 0 bridgehead atoms. The van der Waals surface area contributed by atoms with Crippen LogP contribution in [0.4, 0.5) is 20.4 Å². The minimum absolute atomic E-state index is 0.0740. The molecule has 0 saturated carbocycles. The quantitative estimate of drug-likeness (QED) is 0.0931. The van der Waals surface area contributed by atoms with Crippen LogP contribution in [0.3, 0.4) is 0 Å². The number of rotatable bonds is 10. The predicted molar refractivity (Wildman–Crippen MR) is 245 cm³/mol. The molecule has 0 amide bonds. The Kier molecular flexibility index (Phi) is 11.2. The molecule has 6 aromatic carbocycles. The van der Waals surface area contributed by atoms with E-state index in [1.54, 1.807) is 6.20 Å². The van der Waals surface area contributed by atoms with Gasteiger partial charge in [0.2, 0.25) is 0 Å². The highest BCUT2D eigenvalue weighted by Gasteiger charge is 2.20. The number of para-hydroxylation sites is 1. The standard InChI is InChI=1S/C25H21ClFN5.C23H17ClFN5/c1-15-21(16(2)32(31-15)18-11-7-4-8-12-18)14-28-25-20-13-19(17-9-5-3-6-10-17)22(26)23(27)24(20)29-30-25;24-19-17(14-7-3-1-4-8-14)11-18-21(20(19)25)29-30-23(18)27-13-16-12-26-22(28-16)15-9-5-2-6-10-15/h3-13H,14H2,1-2H3,(H2,28,29,30);1-12H,13H2,(H,26,28)(H2,27,29,30). The molecule has 14 heteroatoms. The Bertz CT molecular complexity index is 3150. The molecular weight excluding hydrogens is 825 g/mol. The lowest BCUT2D eigenvalue weighted by atomic mass is 10.0. The summed E-state index contributed by atoms with van der Waals surface area (Å²) in [5.41, 5.74) is 9.46. The lowest BCUT2D eigenvalue weighted by molar-refractivity contribution is 0.637. The van der Waals surface area contributed by atoms with Gasteiger partial charge in [-0.1, -0.05) is 132 Å². The van der Waals surface area contributed by atoms with Crippen molar-refractivity contribution in [3.05, 3.63) is 184 Å². The number of aryl methyl sites for hydroxylation is 1. The molecule has 4 heterocycles. The number of nitrogens with zero attached hydrogens (tertiary/aromatic N) is 5. The molecule has 10 rings (SSSR count). The van der Waals surface area contributed by atoms with Crippen LogP contribution in [0.25, 0.3) is 61.1 Å². The first kappa shape index (κ1) is 40.1. The summed E-state index contributed by atoms with van der Waals surface area (Å²) in [4.78, 5) is 7.72. The Morgan fingerprint density at radius 2 is 1.08 bits per heavy atom. The first-order chi connectivity index (χ1) is 30.2. The molecule has 62 heavy (non-hydrogen) atoms. The highest BCUT2D eigenvalue weighted by Crippen LogP contribution is 2.38. The molecule has 0 atom stereocenters. The van der Waals surface area contributed by atoms with Crippen molar-refractivity contribution in [1.29, 1.82) is 0 Å². The van der Waals surface area contributed by atoms with Crippen LogP contribution in [0, 0.1) is 25.5 Å². The zero-order valence-electron chi connectivity index (χ0n) is 33.4. The van der Waals surface area contributed by atoms with Crippen molar-refractivity contribution >= 4 is 56.6 Å². The van der Waals surface area contributed by atoms with Gasteiger partial charge in [-0.15, -0.1) is 0 Å². The van der Waals surface area contributed by atoms with E-state index in [0.29, 0.717) is 46.6 Å². The predicted octanol–water partition coefficient (Wildman–Crippen LogP) is 12.5. The fraction of sp³-hybridized carbons (Fsp3) is 0.0833. The van der Waals surface area contributed by atoms with Crippen LogP contribution in [0.1, 0.15) is 22.6 Å². The summed E-state index contributed by atoms with van der Waals surface area (Å²) in [6.07, 6.45) is 1.77. The molecule has 0 spiro atoms. The molecule has 4 aromatic heterocycles. The van der Waals surface area contributed by atoms with Crippen LogP contribution in [0.5, 0.6) is 0 Å². The fourth-order valence-corrected chi connectivity index (χ4v) is 7.92. The van der Waals surface area contributed by atoms with Crippen molar-refractivity contribution < 1.29 is 8.78 Å². The number of anilines is 2. The fourth-order valence-electron chi connectivity index (χ4n) is 7.41. The zero-order valence-corrected chi connectivity index (χ0v) is 35.0. The SMILES string of the molecule is Cc1nn(-c2ccccc2)c(C)c1CNc1n[nH]c2c(F)c(Cl)c(-c3ccccc3)cc12.Fc1c(Cl)c(-c2ccccc2)cc2c(NCc3cnc(-c4ccccc4)[nH]3)n[nH]c12. The molecule has 0 aliphatic rings. The van der Waals surface area contributed by atoms with Gasteiger partial charge in [0, 0.05) is 45.3 Å². The summed E-state index contributed by atoms with van der Waals surface area (Å²) < 4.78 is 31.8. The number of aromatic amines is 3. The molecule has 10 aromatic rings. The third-order valence-electron chi connectivity index (χ3n) is 10.6. The average Bonchev–Trinajstić information content (AvgIpc) is 4.12. The number of fused-ring (bicyclic) bond motifs is 2. The molecule has 0 fully saturated rings. The Hall–Kier alpha value is -7.28. The Labute approximate surface area is 365 Å². The maximum Gasteiger partial charge on any atom is 0.168 e. The van der Waals surface area contributed by atoms with Crippen molar-refractivity contribution in [1.82, 2.24) is 40.1 Å². The Morgan fingerprint density at radius 1 is 0.613 bits per heavy atom. The van der Waals surface area contributed by atoms with E-state index in [2.05, 4.69) is 41.0 Å². The second-order valence-corrected chi connectivity index (χ2v) is 15.3. The summed E-state index contributed by atoms with van der Waals surface area (Å²) in [6.45, 7) is 5.00. The summed E-state index contributed by atoms with van der Waals surface area (Å²) in [7, 11) is 0. The minimum Gasteiger partial charge on any atom is -0.364 e. The smallest absolute Gasteiger partial charge is 0.168 e. The van der Waals surface area contributed by atoms with E-state index in [0.717, 1.165) is 50.8 Å². The van der Waals surface area contributed by atoms with E-state index < -0.39 is 11.6 Å². The third-order valence-corrected chi connectivity index (χ3v) is 11.4. The van der Waals surface area contributed by atoms with Gasteiger partial charge in [0.25, 0.3) is 0 Å². The van der Waals surface area contributed by atoms with Crippen LogP contribution < -0.4 is 10.6 Å². The van der Waals surface area contributed by atoms with Gasteiger partial charge >= 0.3 is 0 Å². The summed E-state index contributed by atoms with van der Waals surface area (Å²) in [5.74, 6) is 0.894. The molecular formula is C48H38Cl2F2N10. The molecule has 308 valence electrons. The van der Waals surface area contributed by atoms with Crippen LogP contribution >= 0.6 is 23.2 Å². The monoisotopic (exact) mass is 862 g/mol. The van der Waals surface area contributed by atoms with Gasteiger partial charge in [0.1, 0.15) is 16.9 Å². The van der Waals surface area contributed by atoms with E-state index in [1.807, 2.05) is 152 Å². The first-order valence-corrected chi connectivity index (χ1v) is 20.5. The normalized spacial score (nSPS) is 11.2. The Balaban J connectivity index is 0.000000158. The lowest BCUT2D eigenvalue weighted by Crippen LogP contribution is -2.03. The second kappa shape index (κ2) is 17.4.